The number of benzene rings is 2. The first-order valence-electron chi connectivity index (χ1n) is 9.80. The summed E-state index contributed by atoms with van der Waals surface area (Å²) in [6.07, 6.45) is 9.67. The first-order valence-corrected chi connectivity index (χ1v) is 12.2. The maximum Gasteiger partial charge on any atom is 0.337 e. The number of rotatable bonds is 8. The van der Waals surface area contributed by atoms with Gasteiger partial charge >= 0.3 is 5.97 Å². The molecule has 32 heavy (non-hydrogen) atoms. The van der Waals surface area contributed by atoms with E-state index in [-0.39, 0.29) is 23.1 Å². The van der Waals surface area contributed by atoms with Gasteiger partial charge in [-0.05, 0) is 70.4 Å². The Morgan fingerprint density at radius 3 is 2.75 bits per heavy atom. The molecule has 0 bridgehead atoms. The van der Waals surface area contributed by atoms with Crippen LogP contribution in [0.3, 0.4) is 0 Å². The molecule has 2 N–H and O–H groups in total. The molecule has 2 aromatic carbocycles. The molecule has 0 aromatic heterocycles. The van der Waals surface area contributed by atoms with Gasteiger partial charge in [0.15, 0.2) is 0 Å². The van der Waals surface area contributed by atoms with Gasteiger partial charge in [0.1, 0.15) is 0 Å². The van der Waals surface area contributed by atoms with Crippen molar-refractivity contribution in [3.05, 3.63) is 80.9 Å². The Labute approximate surface area is 207 Å². The zero-order valence-corrected chi connectivity index (χ0v) is 21.2. The van der Waals surface area contributed by atoms with E-state index in [1.165, 1.54) is 6.07 Å². The third kappa shape index (κ3) is 6.65. The summed E-state index contributed by atoms with van der Waals surface area (Å²) in [5, 5.41) is 12.1. The van der Waals surface area contributed by atoms with Crippen molar-refractivity contribution in [1.29, 1.82) is 0 Å². The number of hydrogen-bond acceptors (Lipinski definition) is 5. The Morgan fingerprint density at radius 1 is 1.19 bits per heavy atom. The quantitative estimate of drug-likeness (QED) is 0.361. The van der Waals surface area contributed by atoms with Gasteiger partial charge in [0.05, 0.1) is 11.3 Å². The molecule has 9 heteroatoms. The van der Waals surface area contributed by atoms with Crippen molar-refractivity contribution in [2.75, 3.05) is 18.4 Å². The van der Waals surface area contributed by atoms with Crippen LogP contribution in [0.5, 0.6) is 0 Å². The van der Waals surface area contributed by atoms with E-state index in [0.717, 1.165) is 22.5 Å². The minimum atomic E-state index is -1.11. The van der Waals surface area contributed by atoms with Crippen LogP contribution in [0.15, 0.2) is 79.7 Å². The van der Waals surface area contributed by atoms with E-state index in [1.54, 1.807) is 48.6 Å². The number of anilines is 1. The van der Waals surface area contributed by atoms with Crippen LogP contribution in [-0.2, 0) is 0 Å². The van der Waals surface area contributed by atoms with E-state index in [2.05, 4.69) is 65.6 Å². The number of halogens is 2. The molecular formula is C23H21Br2N3O3S. The summed E-state index contributed by atoms with van der Waals surface area (Å²) in [6.45, 7) is 3.69. The SMILES string of the molecule is CCN(CC1C=CC=NC=C1)Sc1cc(C(=O)Nc2ccc(Br)cc2C(=O)O)ccc1Br. The van der Waals surface area contributed by atoms with Crippen LogP contribution >= 0.6 is 43.8 Å². The molecule has 0 saturated carbocycles. The van der Waals surface area contributed by atoms with Crippen molar-refractivity contribution in [1.82, 2.24) is 4.31 Å². The maximum absolute atomic E-state index is 12.9. The van der Waals surface area contributed by atoms with Gasteiger partial charge in [0.25, 0.3) is 5.91 Å². The second-order valence-electron chi connectivity index (χ2n) is 6.85. The largest absolute Gasteiger partial charge is 0.478 e. The maximum atomic E-state index is 12.9. The van der Waals surface area contributed by atoms with Crippen LogP contribution < -0.4 is 5.32 Å². The second kappa shape index (κ2) is 11.6. The minimum Gasteiger partial charge on any atom is -0.478 e. The zero-order valence-electron chi connectivity index (χ0n) is 17.2. The van der Waals surface area contributed by atoms with Gasteiger partial charge in [-0.15, -0.1) is 0 Å². The molecule has 166 valence electrons. The van der Waals surface area contributed by atoms with Crippen molar-refractivity contribution in [2.45, 2.75) is 11.8 Å². The van der Waals surface area contributed by atoms with Crippen LogP contribution in [0.25, 0.3) is 0 Å². The van der Waals surface area contributed by atoms with Gasteiger partial charge in [0.2, 0.25) is 0 Å². The van der Waals surface area contributed by atoms with Gasteiger partial charge < -0.3 is 10.4 Å². The van der Waals surface area contributed by atoms with Crippen molar-refractivity contribution >= 4 is 67.6 Å². The Morgan fingerprint density at radius 2 is 2.00 bits per heavy atom. The smallest absolute Gasteiger partial charge is 0.337 e. The lowest BCUT2D eigenvalue weighted by molar-refractivity contribution is 0.0698. The second-order valence-corrected chi connectivity index (χ2v) is 9.76. The van der Waals surface area contributed by atoms with Gasteiger partial charge in [0, 0.05) is 50.8 Å². The topological polar surface area (TPSA) is 82.0 Å². The van der Waals surface area contributed by atoms with Gasteiger partial charge in [-0.3, -0.25) is 9.79 Å². The molecule has 0 saturated heterocycles. The van der Waals surface area contributed by atoms with E-state index < -0.39 is 5.97 Å². The molecule has 0 fully saturated rings. The third-order valence-corrected chi connectivity index (χ3v) is 7.25. The average Bonchev–Trinajstić information content (AvgIpc) is 3.04. The van der Waals surface area contributed by atoms with Gasteiger partial charge in [-0.2, -0.15) is 0 Å². The fraction of sp³-hybridized carbons (Fsp3) is 0.174. The molecule has 0 aliphatic carbocycles. The van der Waals surface area contributed by atoms with E-state index in [1.807, 2.05) is 12.1 Å². The Balaban J connectivity index is 1.76. The van der Waals surface area contributed by atoms with Crippen molar-refractivity contribution in [3.63, 3.8) is 0 Å². The third-order valence-electron chi connectivity index (χ3n) is 4.60. The highest BCUT2D eigenvalue weighted by Gasteiger charge is 2.17. The summed E-state index contributed by atoms with van der Waals surface area (Å²) >= 11 is 8.39. The monoisotopic (exact) mass is 577 g/mol. The molecule has 1 atom stereocenters. The molecule has 1 unspecified atom stereocenters. The molecule has 1 aliphatic rings. The number of carboxylic acids is 1. The molecule has 6 nitrogen and oxygen atoms in total. The van der Waals surface area contributed by atoms with Gasteiger partial charge in [-0.1, -0.05) is 35.0 Å². The van der Waals surface area contributed by atoms with Crippen molar-refractivity contribution in [2.24, 2.45) is 10.9 Å². The predicted molar refractivity (Wildman–Crippen MR) is 137 cm³/mol. The van der Waals surface area contributed by atoms with E-state index >= 15 is 0 Å². The lowest BCUT2D eigenvalue weighted by Gasteiger charge is -2.22. The number of allylic oxidation sites excluding steroid dienone is 1. The molecule has 1 aliphatic heterocycles. The number of nitrogens with one attached hydrogen (secondary N) is 1. The first kappa shape index (κ1) is 24.4. The Hall–Kier alpha value is -2.20. The first-order chi connectivity index (χ1) is 15.4. The van der Waals surface area contributed by atoms with Crippen LogP contribution in [-0.4, -0.2) is 40.6 Å². The number of carbonyl (C=O) groups excluding carboxylic acids is 1. The van der Waals surface area contributed by atoms with E-state index in [9.17, 15) is 14.7 Å². The number of hydrogen-bond donors (Lipinski definition) is 2. The zero-order chi connectivity index (χ0) is 23.1. The number of amides is 1. The molecule has 3 rings (SSSR count). The number of aromatic carboxylic acids is 1. The van der Waals surface area contributed by atoms with Crippen LogP contribution in [0, 0.1) is 5.92 Å². The van der Waals surface area contributed by atoms with E-state index in [0.29, 0.717) is 10.0 Å². The standard InChI is InChI=1S/C23H21Br2N3O3S/c1-2-28(14-15-4-3-10-26-11-9-15)32-21-12-16(5-7-19(21)25)22(29)27-20-8-6-17(24)13-18(20)23(30)31/h3-13,15H,2,14H2,1H3,(H,27,29)(H,30,31). The van der Waals surface area contributed by atoms with Crippen LogP contribution in [0.2, 0.25) is 0 Å². The van der Waals surface area contributed by atoms with Gasteiger partial charge in [-0.25, -0.2) is 9.10 Å². The minimum absolute atomic E-state index is 0.0186. The normalized spacial score (nSPS) is 15.1. The Kier molecular flexibility index (Phi) is 8.86. The van der Waals surface area contributed by atoms with Crippen molar-refractivity contribution in [3.8, 4) is 0 Å². The number of aliphatic imine (C=N–C) groups is 1. The summed E-state index contributed by atoms with van der Waals surface area (Å²) in [4.78, 5) is 29.4. The fourth-order valence-electron chi connectivity index (χ4n) is 2.95. The molecular weight excluding hydrogens is 558 g/mol. The molecule has 2 aromatic rings. The molecule has 1 heterocycles. The summed E-state index contributed by atoms with van der Waals surface area (Å²) < 4.78 is 3.71. The predicted octanol–water partition coefficient (Wildman–Crippen LogP) is 6.26. The fourth-order valence-corrected chi connectivity index (χ4v) is 4.77. The summed E-state index contributed by atoms with van der Waals surface area (Å²) in [7, 11) is 0. The van der Waals surface area contributed by atoms with Crippen molar-refractivity contribution < 1.29 is 14.7 Å². The number of nitrogens with zero attached hydrogens (tertiary/aromatic N) is 2. The lowest BCUT2D eigenvalue weighted by Crippen LogP contribution is -2.21. The molecule has 0 radical (unpaired) electrons. The number of carboxylic acid groups (broad SMARTS) is 1. The van der Waals surface area contributed by atoms with Crippen LogP contribution in [0.4, 0.5) is 5.69 Å². The highest BCUT2D eigenvalue weighted by molar-refractivity contribution is 9.10. The lowest BCUT2D eigenvalue weighted by atomic mass is 10.1. The highest BCUT2D eigenvalue weighted by atomic mass is 79.9. The summed E-state index contributed by atoms with van der Waals surface area (Å²) in [6, 6.07) is 10.0. The Bertz CT molecular complexity index is 1090. The van der Waals surface area contributed by atoms with Crippen LogP contribution in [0.1, 0.15) is 27.6 Å². The molecule has 0 spiro atoms. The summed E-state index contributed by atoms with van der Waals surface area (Å²) in [5.74, 6) is -1.25. The average molecular weight is 579 g/mol. The summed E-state index contributed by atoms with van der Waals surface area (Å²) in [5.41, 5.74) is 0.700. The molecule has 1 amide bonds. The number of carbonyl (C=O) groups is 2. The highest BCUT2D eigenvalue weighted by Crippen LogP contribution is 2.32. The van der Waals surface area contributed by atoms with E-state index in [4.69, 9.17) is 0 Å².